The van der Waals surface area contributed by atoms with E-state index in [4.69, 9.17) is 0 Å². The third-order valence-corrected chi connectivity index (χ3v) is 5.31. The SMILES string of the molecule is CCCCNc1sc2c(C)c(O)c3ccccc3c2[n+]1C. The Hall–Kier alpha value is -1.81. The van der Waals surface area contributed by atoms with Gasteiger partial charge < -0.3 is 5.11 Å². The van der Waals surface area contributed by atoms with Crippen LogP contribution in [0.15, 0.2) is 24.3 Å². The molecule has 110 valence electrons. The summed E-state index contributed by atoms with van der Waals surface area (Å²) in [6.07, 6.45) is 2.35. The fraction of sp³-hybridized carbons (Fsp3) is 0.353. The minimum Gasteiger partial charge on any atom is -0.507 e. The topological polar surface area (TPSA) is 36.1 Å². The fourth-order valence-corrected chi connectivity index (χ4v) is 3.95. The molecule has 0 fully saturated rings. The zero-order chi connectivity index (χ0) is 15.0. The summed E-state index contributed by atoms with van der Waals surface area (Å²) in [4.78, 5) is 0. The minimum absolute atomic E-state index is 0.403. The van der Waals surface area contributed by atoms with Gasteiger partial charge in [0.05, 0.1) is 18.3 Å². The molecule has 3 nitrogen and oxygen atoms in total. The molecular weight excluding hydrogens is 280 g/mol. The predicted octanol–water partition coefficient (Wildman–Crippen LogP) is 4.11. The molecule has 2 N–H and O–H groups in total. The van der Waals surface area contributed by atoms with Crippen LogP contribution in [0.1, 0.15) is 25.3 Å². The third kappa shape index (κ3) is 2.23. The lowest BCUT2D eigenvalue weighted by Crippen LogP contribution is -2.30. The summed E-state index contributed by atoms with van der Waals surface area (Å²) in [6.45, 7) is 5.18. The summed E-state index contributed by atoms with van der Waals surface area (Å²) < 4.78 is 3.37. The Morgan fingerprint density at radius 3 is 2.67 bits per heavy atom. The van der Waals surface area contributed by atoms with Crippen molar-refractivity contribution >= 4 is 37.5 Å². The van der Waals surface area contributed by atoms with E-state index < -0.39 is 0 Å². The van der Waals surface area contributed by atoms with E-state index in [0.29, 0.717) is 5.75 Å². The average Bonchev–Trinajstić information content (AvgIpc) is 2.83. The van der Waals surface area contributed by atoms with Gasteiger partial charge in [0.1, 0.15) is 5.75 Å². The van der Waals surface area contributed by atoms with E-state index >= 15 is 0 Å². The lowest BCUT2D eigenvalue weighted by atomic mass is 10.0. The molecule has 0 unspecified atom stereocenters. The molecule has 0 bridgehead atoms. The highest BCUT2D eigenvalue weighted by Gasteiger charge is 2.21. The Morgan fingerprint density at radius 1 is 1.24 bits per heavy atom. The molecule has 1 aromatic heterocycles. The highest BCUT2D eigenvalue weighted by atomic mass is 32.1. The van der Waals surface area contributed by atoms with Crippen LogP contribution in [-0.2, 0) is 7.05 Å². The van der Waals surface area contributed by atoms with Gasteiger partial charge in [0.2, 0.25) is 0 Å². The molecule has 2 aromatic carbocycles. The number of hydrogen-bond acceptors (Lipinski definition) is 3. The van der Waals surface area contributed by atoms with Gasteiger partial charge in [-0.1, -0.05) is 31.5 Å². The molecule has 3 rings (SSSR count). The van der Waals surface area contributed by atoms with Gasteiger partial charge in [-0.15, -0.1) is 0 Å². The average molecular weight is 301 g/mol. The van der Waals surface area contributed by atoms with Crippen molar-refractivity contribution < 1.29 is 9.67 Å². The number of phenolic OH excluding ortho intramolecular Hbond substituents is 1. The van der Waals surface area contributed by atoms with E-state index in [0.717, 1.165) is 32.7 Å². The number of hydrogen-bond donors (Lipinski definition) is 2. The molecule has 0 amide bonds. The molecule has 0 saturated heterocycles. The molecule has 4 heteroatoms. The number of rotatable bonds is 4. The number of anilines is 1. The number of nitrogens with zero attached hydrogens (tertiary/aromatic N) is 1. The number of aryl methyl sites for hydroxylation is 2. The Morgan fingerprint density at radius 2 is 1.95 bits per heavy atom. The van der Waals surface area contributed by atoms with E-state index in [-0.39, 0.29) is 0 Å². The molecular formula is C17H21N2OS+. The summed E-state index contributed by atoms with van der Waals surface area (Å²) in [5.74, 6) is 0.403. The second-order valence-corrected chi connectivity index (χ2v) is 6.44. The maximum atomic E-state index is 10.4. The molecule has 0 saturated carbocycles. The lowest BCUT2D eigenvalue weighted by Gasteiger charge is -2.05. The number of thiazole rings is 1. The molecule has 0 aliphatic heterocycles. The van der Waals surface area contributed by atoms with Crippen LogP contribution in [0.2, 0.25) is 0 Å². The van der Waals surface area contributed by atoms with Crippen molar-refractivity contribution in [2.24, 2.45) is 7.05 Å². The largest absolute Gasteiger partial charge is 0.507 e. The van der Waals surface area contributed by atoms with E-state index in [2.05, 4.69) is 29.9 Å². The van der Waals surface area contributed by atoms with Crippen LogP contribution in [0.3, 0.4) is 0 Å². The Balaban J connectivity index is 2.26. The summed E-state index contributed by atoms with van der Waals surface area (Å²) in [5, 5.41) is 17.1. The van der Waals surface area contributed by atoms with Crippen LogP contribution >= 0.6 is 11.3 Å². The first-order valence-corrected chi connectivity index (χ1v) is 8.23. The van der Waals surface area contributed by atoms with Crippen LogP contribution in [0.4, 0.5) is 5.13 Å². The molecule has 3 aromatic rings. The van der Waals surface area contributed by atoms with Crippen molar-refractivity contribution in [1.29, 1.82) is 0 Å². The number of fused-ring (bicyclic) bond motifs is 3. The smallest absolute Gasteiger partial charge is 0.334 e. The summed E-state index contributed by atoms with van der Waals surface area (Å²) in [5.41, 5.74) is 2.16. The normalized spacial score (nSPS) is 11.4. The molecule has 0 atom stereocenters. The van der Waals surface area contributed by atoms with E-state index in [1.807, 2.05) is 25.1 Å². The first-order chi connectivity index (χ1) is 10.1. The van der Waals surface area contributed by atoms with Gasteiger partial charge in [0, 0.05) is 16.3 Å². The minimum atomic E-state index is 0.403. The summed E-state index contributed by atoms with van der Waals surface area (Å²) in [7, 11) is 2.09. The zero-order valence-corrected chi connectivity index (χ0v) is 13.5. The lowest BCUT2D eigenvalue weighted by molar-refractivity contribution is -0.625. The number of benzene rings is 2. The first-order valence-electron chi connectivity index (χ1n) is 7.41. The van der Waals surface area contributed by atoms with Crippen molar-refractivity contribution in [2.75, 3.05) is 11.9 Å². The molecule has 1 heterocycles. The Kier molecular flexibility index (Phi) is 3.72. The molecule has 0 spiro atoms. The number of nitrogens with one attached hydrogen (secondary N) is 1. The van der Waals surface area contributed by atoms with E-state index in [1.54, 1.807) is 11.3 Å². The van der Waals surface area contributed by atoms with Crippen molar-refractivity contribution in [2.45, 2.75) is 26.7 Å². The van der Waals surface area contributed by atoms with Crippen molar-refractivity contribution in [1.82, 2.24) is 0 Å². The van der Waals surface area contributed by atoms with Gasteiger partial charge in [-0.05, 0) is 30.7 Å². The number of aromatic nitrogens is 1. The third-order valence-electron chi connectivity index (χ3n) is 3.99. The number of phenols is 1. The second-order valence-electron chi connectivity index (χ2n) is 5.44. The molecule has 21 heavy (non-hydrogen) atoms. The van der Waals surface area contributed by atoms with Crippen molar-refractivity contribution in [3.05, 3.63) is 29.8 Å². The Bertz CT molecular complexity index is 808. The first kappa shape index (κ1) is 14.1. The van der Waals surface area contributed by atoms with Crippen molar-refractivity contribution in [3.8, 4) is 5.75 Å². The predicted molar refractivity (Wildman–Crippen MR) is 90.3 cm³/mol. The van der Waals surface area contributed by atoms with E-state index in [9.17, 15) is 5.11 Å². The molecule has 0 radical (unpaired) electrons. The van der Waals surface area contributed by atoms with Crippen LogP contribution in [0.5, 0.6) is 5.75 Å². The summed E-state index contributed by atoms with van der Waals surface area (Å²) >= 11 is 1.72. The van der Waals surface area contributed by atoms with Crippen LogP contribution < -0.4 is 9.88 Å². The van der Waals surface area contributed by atoms with Gasteiger partial charge in [0.25, 0.3) is 0 Å². The highest BCUT2D eigenvalue weighted by Crippen LogP contribution is 2.39. The second kappa shape index (κ2) is 5.53. The van der Waals surface area contributed by atoms with Gasteiger partial charge >= 0.3 is 5.13 Å². The van der Waals surface area contributed by atoms with Crippen LogP contribution in [-0.4, -0.2) is 11.7 Å². The maximum Gasteiger partial charge on any atom is 0.334 e. The highest BCUT2D eigenvalue weighted by molar-refractivity contribution is 7.22. The zero-order valence-electron chi connectivity index (χ0n) is 12.7. The van der Waals surface area contributed by atoms with E-state index in [1.165, 1.54) is 18.4 Å². The Labute approximate surface area is 128 Å². The number of aromatic hydroxyl groups is 1. The molecule has 0 aliphatic carbocycles. The monoisotopic (exact) mass is 301 g/mol. The van der Waals surface area contributed by atoms with Crippen LogP contribution in [0, 0.1) is 6.92 Å². The van der Waals surface area contributed by atoms with Gasteiger partial charge in [-0.2, -0.15) is 0 Å². The standard InChI is InChI=1S/C17H20N2OS/c1-4-5-10-18-17-19(3)14-12-8-6-7-9-13(12)15(20)11(2)16(14)21-17/h6-9,20H,4-5,10H2,1-3H3/p+1. The van der Waals surface area contributed by atoms with Crippen molar-refractivity contribution in [3.63, 3.8) is 0 Å². The number of unbranched alkanes of at least 4 members (excludes halogenated alkanes) is 1. The summed E-state index contributed by atoms with van der Waals surface area (Å²) in [6, 6.07) is 8.07. The quantitative estimate of drug-likeness (QED) is 0.562. The fourth-order valence-electron chi connectivity index (χ4n) is 2.76. The van der Waals surface area contributed by atoms with Gasteiger partial charge in [-0.3, -0.25) is 5.32 Å². The van der Waals surface area contributed by atoms with Crippen LogP contribution in [0.25, 0.3) is 21.0 Å². The molecule has 0 aliphatic rings. The maximum absolute atomic E-state index is 10.4. The van der Waals surface area contributed by atoms with Gasteiger partial charge in [-0.25, -0.2) is 4.57 Å². The van der Waals surface area contributed by atoms with Gasteiger partial charge in [0.15, 0.2) is 5.52 Å².